The molecule has 2 nitrogen and oxygen atoms in total. The van der Waals surface area contributed by atoms with E-state index in [1.165, 1.54) is 11.1 Å². The average Bonchev–Trinajstić information content (AvgIpc) is 2.24. The molecule has 0 radical (unpaired) electrons. The standard InChI is InChI=1S/C13H13BrN2/c1-9-5-6-15-13(7-9)16-11-3-4-12(14)10(2)8-11/h3-8H,1-2H3,(H,15,16). The number of hydrogen-bond donors (Lipinski definition) is 1. The Kier molecular flexibility index (Phi) is 3.25. The number of nitrogens with zero attached hydrogens (tertiary/aromatic N) is 1. The quantitative estimate of drug-likeness (QED) is 0.889. The summed E-state index contributed by atoms with van der Waals surface area (Å²) < 4.78 is 1.12. The van der Waals surface area contributed by atoms with E-state index in [4.69, 9.17) is 0 Å². The molecule has 0 aliphatic rings. The summed E-state index contributed by atoms with van der Waals surface area (Å²) in [5, 5.41) is 3.28. The Hall–Kier alpha value is -1.35. The molecule has 0 unspecified atom stereocenters. The van der Waals surface area contributed by atoms with E-state index in [-0.39, 0.29) is 0 Å². The molecule has 0 fully saturated rings. The van der Waals surface area contributed by atoms with E-state index in [1.54, 1.807) is 0 Å². The third-order valence-electron chi connectivity index (χ3n) is 2.35. The van der Waals surface area contributed by atoms with Crippen molar-refractivity contribution >= 4 is 27.4 Å². The summed E-state index contributed by atoms with van der Waals surface area (Å²) in [6.07, 6.45) is 1.81. The summed E-state index contributed by atoms with van der Waals surface area (Å²) in [4.78, 5) is 4.26. The molecule has 1 aromatic carbocycles. The van der Waals surface area contributed by atoms with Gasteiger partial charge in [0.25, 0.3) is 0 Å². The van der Waals surface area contributed by atoms with E-state index in [9.17, 15) is 0 Å². The molecule has 82 valence electrons. The van der Waals surface area contributed by atoms with Crippen LogP contribution in [0.25, 0.3) is 0 Å². The molecule has 0 aliphatic heterocycles. The van der Waals surface area contributed by atoms with Crippen molar-refractivity contribution in [2.75, 3.05) is 5.32 Å². The first kappa shape index (κ1) is 11.1. The first-order valence-electron chi connectivity index (χ1n) is 5.11. The fourth-order valence-corrected chi connectivity index (χ4v) is 1.72. The topological polar surface area (TPSA) is 24.9 Å². The third-order valence-corrected chi connectivity index (χ3v) is 3.24. The first-order valence-corrected chi connectivity index (χ1v) is 5.90. The van der Waals surface area contributed by atoms with Crippen LogP contribution in [0.4, 0.5) is 11.5 Å². The van der Waals surface area contributed by atoms with E-state index >= 15 is 0 Å². The molecule has 16 heavy (non-hydrogen) atoms. The van der Waals surface area contributed by atoms with Gasteiger partial charge in [-0.25, -0.2) is 4.98 Å². The second-order valence-corrected chi connectivity index (χ2v) is 4.66. The summed E-state index contributed by atoms with van der Waals surface area (Å²) >= 11 is 3.48. The highest BCUT2D eigenvalue weighted by molar-refractivity contribution is 9.10. The first-order chi connectivity index (χ1) is 7.65. The molecule has 2 rings (SSSR count). The van der Waals surface area contributed by atoms with E-state index in [2.05, 4.69) is 46.1 Å². The number of pyridine rings is 1. The van der Waals surface area contributed by atoms with Crippen LogP contribution in [0.1, 0.15) is 11.1 Å². The lowest BCUT2D eigenvalue weighted by molar-refractivity contribution is 1.27. The van der Waals surface area contributed by atoms with Crippen molar-refractivity contribution in [1.29, 1.82) is 0 Å². The van der Waals surface area contributed by atoms with Gasteiger partial charge in [-0.3, -0.25) is 0 Å². The largest absolute Gasteiger partial charge is 0.340 e. The van der Waals surface area contributed by atoms with Gasteiger partial charge in [-0.2, -0.15) is 0 Å². The van der Waals surface area contributed by atoms with Crippen molar-refractivity contribution in [3.8, 4) is 0 Å². The Balaban J connectivity index is 2.24. The van der Waals surface area contributed by atoms with Crippen LogP contribution in [0.15, 0.2) is 41.0 Å². The second kappa shape index (κ2) is 4.66. The molecule has 0 atom stereocenters. The van der Waals surface area contributed by atoms with Gasteiger partial charge >= 0.3 is 0 Å². The van der Waals surface area contributed by atoms with Crippen LogP contribution in [-0.2, 0) is 0 Å². The monoisotopic (exact) mass is 276 g/mol. The van der Waals surface area contributed by atoms with E-state index in [0.717, 1.165) is 16.0 Å². The highest BCUT2D eigenvalue weighted by atomic mass is 79.9. The molecule has 1 heterocycles. The van der Waals surface area contributed by atoms with Gasteiger partial charge < -0.3 is 5.32 Å². The molecule has 0 spiro atoms. The van der Waals surface area contributed by atoms with Gasteiger partial charge in [-0.05, 0) is 55.3 Å². The van der Waals surface area contributed by atoms with Gasteiger partial charge in [0.2, 0.25) is 0 Å². The number of halogens is 1. The van der Waals surface area contributed by atoms with Gasteiger partial charge in [-0.1, -0.05) is 15.9 Å². The molecule has 0 amide bonds. The fraction of sp³-hybridized carbons (Fsp3) is 0.154. The highest BCUT2D eigenvalue weighted by Gasteiger charge is 1.99. The molecule has 1 N–H and O–H groups in total. The Morgan fingerprint density at radius 3 is 2.62 bits per heavy atom. The Morgan fingerprint density at radius 2 is 1.94 bits per heavy atom. The van der Waals surface area contributed by atoms with Gasteiger partial charge in [0.15, 0.2) is 0 Å². The van der Waals surface area contributed by atoms with Gasteiger partial charge in [0, 0.05) is 16.4 Å². The zero-order valence-corrected chi connectivity index (χ0v) is 10.9. The molecule has 0 saturated heterocycles. The Bertz CT molecular complexity index is 509. The minimum Gasteiger partial charge on any atom is -0.340 e. The lowest BCUT2D eigenvalue weighted by Gasteiger charge is -2.07. The summed E-state index contributed by atoms with van der Waals surface area (Å²) in [7, 11) is 0. The average molecular weight is 277 g/mol. The van der Waals surface area contributed by atoms with E-state index < -0.39 is 0 Å². The smallest absolute Gasteiger partial charge is 0.130 e. The van der Waals surface area contributed by atoms with Crippen molar-refractivity contribution in [2.45, 2.75) is 13.8 Å². The van der Waals surface area contributed by atoms with Crippen LogP contribution < -0.4 is 5.32 Å². The maximum atomic E-state index is 4.26. The van der Waals surface area contributed by atoms with Crippen molar-refractivity contribution in [3.05, 3.63) is 52.1 Å². The van der Waals surface area contributed by atoms with E-state index in [1.807, 2.05) is 30.5 Å². The third kappa shape index (κ3) is 2.61. The fourth-order valence-electron chi connectivity index (χ4n) is 1.47. The lowest BCUT2D eigenvalue weighted by Crippen LogP contribution is -1.94. The van der Waals surface area contributed by atoms with Crippen molar-refractivity contribution in [2.24, 2.45) is 0 Å². The number of anilines is 2. The maximum absolute atomic E-state index is 4.26. The molecule has 1 aromatic heterocycles. The number of hydrogen-bond acceptors (Lipinski definition) is 2. The summed E-state index contributed by atoms with van der Waals surface area (Å²) in [5.74, 6) is 0.877. The molecular formula is C13H13BrN2. The molecule has 3 heteroatoms. The summed E-state index contributed by atoms with van der Waals surface area (Å²) in [6.45, 7) is 4.12. The van der Waals surface area contributed by atoms with Gasteiger partial charge in [-0.15, -0.1) is 0 Å². The molecule has 2 aromatic rings. The summed E-state index contributed by atoms with van der Waals surface area (Å²) in [6, 6.07) is 10.2. The van der Waals surface area contributed by atoms with Crippen LogP contribution in [0.3, 0.4) is 0 Å². The van der Waals surface area contributed by atoms with Gasteiger partial charge in [0.05, 0.1) is 0 Å². The minimum absolute atomic E-state index is 0.877. The maximum Gasteiger partial charge on any atom is 0.130 e. The lowest BCUT2D eigenvalue weighted by atomic mass is 10.2. The molecule has 0 bridgehead atoms. The Labute approximate surface area is 104 Å². The molecular weight excluding hydrogens is 264 g/mol. The zero-order valence-electron chi connectivity index (χ0n) is 9.29. The van der Waals surface area contributed by atoms with Crippen LogP contribution in [0, 0.1) is 13.8 Å². The van der Waals surface area contributed by atoms with Crippen LogP contribution in [0.2, 0.25) is 0 Å². The zero-order chi connectivity index (χ0) is 11.5. The molecule has 0 aliphatic carbocycles. The number of rotatable bonds is 2. The predicted molar refractivity (Wildman–Crippen MR) is 71.1 cm³/mol. The number of nitrogens with one attached hydrogen (secondary N) is 1. The minimum atomic E-state index is 0.877. The van der Waals surface area contributed by atoms with Crippen molar-refractivity contribution in [3.63, 3.8) is 0 Å². The number of benzene rings is 1. The van der Waals surface area contributed by atoms with E-state index in [0.29, 0.717) is 0 Å². The van der Waals surface area contributed by atoms with Crippen molar-refractivity contribution in [1.82, 2.24) is 4.98 Å². The predicted octanol–water partition coefficient (Wildman–Crippen LogP) is 4.20. The number of aryl methyl sites for hydroxylation is 2. The Morgan fingerprint density at radius 1 is 1.12 bits per heavy atom. The SMILES string of the molecule is Cc1ccnc(Nc2ccc(Br)c(C)c2)c1. The summed E-state index contributed by atoms with van der Waals surface area (Å²) in [5.41, 5.74) is 3.46. The normalized spacial score (nSPS) is 10.2. The highest BCUT2D eigenvalue weighted by Crippen LogP contribution is 2.22. The van der Waals surface area contributed by atoms with Crippen LogP contribution >= 0.6 is 15.9 Å². The van der Waals surface area contributed by atoms with Crippen LogP contribution in [-0.4, -0.2) is 4.98 Å². The number of aromatic nitrogens is 1. The second-order valence-electron chi connectivity index (χ2n) is 3.81. The molecule has 0 saturated carbocycles. The van der Waals surface area contributed by atoms with Crippen LogP contribution in [0.5, 0.6) is 0 Å². The van der Waals surface area contributed by atoms with Crippen molar-refractivity contribution < 1.29 is 0 Å². The van der Waals surface area contributed by atoms with Gasteiger partial charge in [0.1, 0.15) is 5.82 Å².